The van der Waals surface area contributed by atoms with Crippen LogP contribution in [0.4, 0.5) is 5.13 Å². The molecule has 0 aromatic carbocycles. The SMILES string of the molecule is CSc1nnc(NC(=O)c2nnn(-c3ccccn3)n2)s1. The van der Waals surface area contributed by atoms with Crippen LogP contribution >= 0.6 is 23.1 Å². The molecule has 0 fully saturated rings. The number of hydrogen-bond acceptors (Lipinski definition) is 9. The molecule has 0 bridgehead atoms. The number of rotatable bonds is 4. The molecule has 0 saturated heterocycles. The molecular weight excluding hydrogens is 312 g/mol. The average Bonchev–Trinajstić information content (AvgIpc) is 3.17. The fourth-order valence-electron chi connectivity index (χ4n) is 1.37. The molecule has 1 amide bonds. The lowest BCUT2D eigenvalue weighted by Crippen LogP contribution is -2.14. The summed E-state index contributed by atoms with van der Waals surface area (Å²) >= 11 is 2.72. The first-order chi connectivity index (χ1) is 10.3. The molecule has 3 rings (SSSR count). The Morgan fingerprint density at radius 3 is 2.95 bits per heavy atom. The van der Waals surface area contributed by atoms with Crippen molar-refractivity contribution < 1.29 is 4.79 Å². The molecule has 0 atom stereocenters. The molecule has 0 aliphatic rings. The molecule has 0 unspecified atom stereocenters. The predicted octanol–water partition coefficient (Wildman–Crippen LogP) is 0.883. The highest BCUT2D eigenvalue weighted by atomic mass is 32.2. The zero-order valence-corrected chi connectivity index (χ0v) is 12.3. The first-order valence-corrected chi connectivity index (χ1v) is 7.70. The van der Waals surface area contributed by atoms with Crippen LogP contribution < -0.4 is 5.32 Å². The van der Waals surface area contributed by atoms with E-state index in [2.05, 4.69) is 35.9 Å². The number of carbonyl (C=O) groups excluding carboxylic acids is 1. The van der Waals surface area contributed by atoms with Gasteiger partial charge in [-0.3, -0.25) is 10.1 Å². The average molecular weight is 320 g/mol. The minimum atomic E-state index is -0.499. The number of nitrogens with one attached hydrogen (secondary N) is 1. The summed E-state index contributed by atoms with van der Waals surface area (Å²) in [5, 5.41) is 22.1. The quantitative estimate of drug-likeness (QED) is 0.557. The van der Waals surface area contributed by atoms with E-state index in [9.17, 15) is 4.79 Å². The number of hydrogen-bond donors (Lipinski definition) is 1. The molecule has 9 nitrogen and oxygen atoms in total. The normalized spacial score (nSPS) is 10.5. The maximum Gasteiger partial charge on any atom is 0.299 e. The lowest BCUT2D eigenvalue weighted by atomic mass is 10.5. The molecule has 3 aromatic rings. The van der Waals surface area contributed by atoms with Crippen molar-refractivity contribution in [2.45, 2.75) is 4.34 Å². The molecule has 1 N–H and O–H groups in total. The number of aromatic nitrogens is 7. The van der Waals surface area contributed by atoms with Gasteiger partial charge in [0.1, 0.15) is 0 Å². The van der Waals surface area contributed by atoms with Crippen molar-refractivity contribution in [2.75, 3.05) is 11.6 Å². The van der Waals surface area contributed by atoms with Crippen LogP contribution in [0.2, 0.25) is 0 Å². The summed E-state index contributed by atoms with van der Waals surface area (Å²) in [6, 6.07) is 5.27. The summed E-state index contributed by atoms with van der Waals surface area (Å²) in [6.45, 7) is 0. The lowest BCUT2D eigenvalue weighted by Gasteiger charge is -1.95. The molecular formula is C10H8N8OS2. The van der Waals surface area contributed by atoms with E-state index in [1.807, 2.05) is 6.26 Å². The third-order valence-electron chi connectivity index (χ3n) is 2.27. The van der Waals surface area contributed by atoms with E-state index in [1.54, 1.807) is 24.4 Å². The van der Waals surface area contributed by atoms with Crippen molar-refractivity contribution in [3.8, 4) is 5.82 Å². The van der Waals surface area contributed by atoms with Crippen LogP contribution in [0.25, 0.3) is 5.82 Å². The van der Waals surface area contributed by atoms with Crippen LogP contribution in [0.5, 0.6) is 0 Å². The van der Waals surface area contributed by atoms with Gasteiger partial charge in [0.15, 0.2) is 10.2 Å². The highest BCUT2D eigenvalue weighted by molar-refractivity contribution is 8.00. The predicted molar refractivity (Wildman–Crippen MR) is 76.6 cm³/mol. The molecule has 0 saturated carbocycles. The topological polar surface area (TPSA) is 111 Å². The van der Waals surface area contributed by atoms with Gasteiger partial charge in [0.2, 0.25) is 5.13 Å². The number of amides is 1. The van der Waals surface area contributed by atoms with Crippen molar-refractivity contribution >= 4 is 34.1 Å². The van der Waals surface area contributed by atoms with E-state index < -0.39 is 5.91 Å². The summed E-state index contributed by atoms with van der Waals surface area (Å²) in [7, 11) is 0. The molecule has 0 aliphatic carbocycles. The summed E-state index contributed by atoms with van der Waals surface area (Å²) in [5.41, 5.74) is 0. The third-order valence-corrected chi connectivity index (χ3v) is 4.09. The van der Waals surface area contributed by atoms with Gasteiger partial charge in [-0.2, -0.15) is 0 Å². The molecule has 0 spiro atoms. The Morgan fingerprint density at radius 2 is 2.24 bits per heavy atom. The number of anilines is 1. The van der Waals surface area contributed by atoms with Crippen LogP contribution in [0, 0.1) is 0 Å². The van der Waals surface area contributed by atoms with Crippen molar-refractivity contribution in [1.82, 2.24) is 35.4 Å². The van der Waals surface area contributed by atoms with Gasteiger partial charge in [0.05, 0.1) is 0 Å². The minimum Gasteiger partial charge on any atom is -0.293 e. The largest absolute Gasteiger partial charge is 0.299 e. The Morgan fingerprint density at radius 1 is 1.33 bits per heavy atom. The molecule has 21 heavy (non-hydrogen) atoms. The second kappa shape index (κ2) is 5.93. The second-order valence-electron chi connectivity index (χ2n) is 3.62. The Balaban J connectivity index is 1.75. The van der Waals surface area contributed by atoms with Crippen molar-refractivity contribution in [2.24, 2.45) is 0 Å². The number of thioether (sulfide) groups is 1. The van der Waals surface area contributed by atoms with E-state index in [4.69, 9.17) is 0 Å². The Hall–Kier alpha value is -2.40. The summed E-state index contributed by atoms with van der Waals surface area (Å²) in [6.07, 6.45) is 3.48. The van der Waals surface area contributed by atoms with E-state index in [1.165, 1.54) is 27.9 Å². The molecule has 0 aliphatic heterocycles. The van der Waals surface area contributed by atoms with Crippen LogP contribution in [-0.4, -0.2) is 47.6 Å². The smallest absolute Gasteiger partial charge is 0.293 e. The van der Waals surface area contributed by atoms with Gasteiger partial charge < -0.3 is 0 Å². The van der Waals surface area contributed by atoms with E-state index in [0.29, 0.717) is 10.9 Å². The fraction of sp³-hybridized carbons (Fsp3) is 0.100. The summed E-state index contributed by atoms with van der Waals surface area (Å²) in [5.74, 6) is -0.0906. The highest BCUT2D eigenvalue weighted by Gasteiger charge is 2.16. The lowest BCUT2D eigenvalue weighted by molar-refractivity contribution is 0.101. The van der Waals surface area contributed by atoms with E-state index >= 15 is 0 Å². The highest BCUT2D eigenvalue weighted by Crippen LogP contribution is 2.23. The van der Waals surface area contributed by atoms with Gasteiger partial charge in [-0.05, 0) is 23.6 Å². The van der Waals surface area contributed by atoms with Crippen molar-refractivity contribution in [3.63, 3.8) is 0 Å². The van der Waals surface area contributed by atoms with Crippen LogP contribution in [0.3, 0.4) is 0 Å². The van der Waals surface area contributed by atoms with Crippen molar-refractivity contribution in [1.29, 1.82) is 0 Å². The molecule has 106 valence electrons. The van der Waals surface area contributed by atoms with Crippen LogP contribution in [-0.2, 0) is 0 Å². The van der Waals surface area contributed by atoms with Crippen LogP contribution in [0.1, 0.15) is 10.6 Å². The maximum atomic E-state index is 12.0. The Kier molecular flexibility index (Phi) is 3.83. The van der Waals surface area contributed by atoms with Crippen LogP contribution in [0.15, 0.2) is 28.7 Å². The van der Waals surface area contributed by atoms with Crippen molar-refractivity contribution in [3.05, 3.63) is 30.2 Å². The fourth-order valence-corrected chi connectivity index (χ4v) is 2.54. The molecule has 3 heterocycles. The number of pyridine rings is 1. The third kappa shape index (κ3) is 3.03. The molecule has 3 aromatic heterocycles. The van der Waals surface area contributed by atoms with Gasteiger partial charge in [0.25, 0.3) is 11.7 Å². The Labute approximate surface area is 126 Å². The summed E-state index contributed by atoms with van der Waals surface area (Å²) in [4.78, 5) is 17.2. The van der Waals surface area contributed by atoms with Gasteiger partial charge in [0, 0.05) is 6.20 Å². The monoisotopic (exact) mass is 320 g/mol. The molecule has 11 heteroatoms. The van der Waals surface area contributed by atoms with Gasteiger partial charge in [-0.15, -0.1) is 25.2 Å². The molecule has 0 radical (unpaired) electrons. The first kappa shape index (κ1) is 13.6. The second-order valence-corrected chi connectivity index (χ2v) is 5.65. The maximum absolute atomic E-state index is 12.0. The standard InChI is InChI=1S/C10H8N8OS2/c1-20-10-15-14-9(21-10)12-8(19)7-13-17-18(16-7)6-4-2-3-5-11-6/h2-5H,1H3,(H,12,14,19). The van der Waals surface area contributed by atoms with Gasteiger partial charge >= 0.3 is 0 Å². The van der Waals surface area contributed by atoms with Gasteiger partial charge in [-0.25, -0.2) is 4.98 Å². The zero-order chi connectivity index (χ0) is 14.7. The minimum absolute atomic E-state index is 0.0680. The number of tetrazole rings is 1. The Bertz CT molecular complexity index is 755. The zero-order valence-electron chi connectivity index (χ0n) is 10.7. The van der Waals surface area contributed by atoms with E-state index in [0.717, 1.165) is 4.34 Å². The number of nitrogens with zero attached hydrogens (tertiary/aromatic N) is 7. The number of carbonyl (C=O) groups is 1. The first-order valence-electron chi connectivity index (χ1n) is 5.66. The summed E-state index contributed by atoms with van der Waals surface area (Å²) < 4.78 is 0.760. The van der Waals surface area contributed by atoms with Gasteiger partial charge in [-0.1, -0.05) is 29.2 Å². The van der Waals surface area contributed by atoms with E-state index in [-0.39, 0.29) is 5.82 Å².